The van der Waals surface area contributed by atoms with E-state index >= 15 is 0 Å². The van der Waals surface area contributed by atoms with Crippen LogP contribution in [0.15, 0.2) is 0 Å². The van der Waals surface area contributed by atoms with Gasteiger partial charge in [0.15, 0.2) is 0 Å². The Morgan fingerprint density at radius 2 is 0.729 bits per heavy atom. The van der Waals surface area contributed by atoms with Gasteiger partial charge in [0.1, 0.15) is 0 Å². The smallest absolute Gasteiger partial charge is 0.407 e. The van der Waals surface area contributed by atoms with Crippen LogP contribution < -0.4 is 16.0 Å². The van der Waals surface area contributed by atoms with Crippen LogP contribution >= 0.6 is 0 Å². The van der Waals surface area contributed by atoms with E-state index in [1.807, 2.05) is 0 Å². The molecule has 0 saturated heterocycles. The molecule has 48 heavy (non-hydrogen) atoms. The third-order valence-electron chi connectivity index (χ3n) is 7.10. The van der Waals surface area contributed by atoms with Crippen LogP contribution in [0.2, 0.25) is 0 Å². The lowest BCUT2D eigenvalue weighted by Gasteiger charge is -2.07. The van der Waals surface area contributed by atoms with Crippen molar-refractivity contribution >= 4 is 24.1 Å². The number of carbonyl (C=O) groups is 4. The summed E-state index contributed by atoms with van der Waals surface area (Å²) in [5.41, 5.74) is 0. The first kappa shape index (κ1) is 49.8. The van der Waals surface area contributed by atoms with Gasteiger partial charge in [-0.3, -0.25) is 9.59 Å². The molecule has 11 heteroatoms. The highest BCUT2D eigenvalue weighted by Gasteiger charge is 2.04. The molecule has 0 fully saturated rings. The van der Waals surface area contributed by atoms with Gasteiger partial charge < -0.3 is 34.9 Å². The van der Waals surface area contributed by atoms with E-state index < -0.39 is 0 Å². The lowest BCUT2D eigenvalue weighted by Crippen LogP contribution is -2.25. The monoisotopic (exact) mass is 692 g/mol. The van der Waals surface area contributed by atoms with Gasteiger partial charge in [0.05, 0.1) is 26.4 Å². The minimum absolute atomic E-state index is 0. The molecule has 0 saturated carbocycles. The highest BCUT2D eigenvalue weighted by Crippen LogP contribution is 2.03. The van der Waals surface area contributed by atoms with E-state index in [-0.39, 0.29) is 33.0 Å². The zero-order chi connectivity index (χ0) is 35.1. The number of amides is 2. The first-order chi connectivity index (χ1) is 22.9. The molecule has 0 aliphatic heterocycles. The summed E-state index contributed by atoms with van der Waals surface area (Å²) >= 11 is 0. The number of hydrogen-bond donors (Lipinski definition) is 3. The normalized spacial score (nSPS) is 10.2. The van der Waals surface area contributed by atoms with Crippen molar-refractivity contribution < 1.29 is 39.6 Å². The molecule has 0 aliphatic carbocycles. The molecule has 0 spiro atoms. The minimum atomic E-state index is -0.350. The molecule has 0 aromatic carbocycles. The molecule has 0 aliphatic rings. The van der Waals surface area contributed by atoms with Crippen LogP contribution in [0.4, 0.5) is 9.59 Å². The summed E-state index contributed by atoms with van der Waals surface area (Å²) in [5, 5.41) is 8.93. The average Bonchev–Trinajstić information content (AvgIpc) is 3.05. The van der Waals surface area contributed by atoms with Crippen molar-refractivity contribution in [3.8, 4) is 0 Å². The standard InChI is InChI=1S/C21H42N2O4.C15H29NO4.CH4.H2/c1-3-5-18-26-20(24)14-10-9-12-16-22-15-11-7-8-13-17-23-21(25)27-19-6-4-2;1-3-5-12-19-14(17)10-8-7-9-11-16-15(18)20-13-6-4-2;;/h22H,3-19H2,1-2H3,(H,23,25);3-13H2,1-2H3,(H,16,18);1H4;1H. The van der Waals surface area contributed by atoms with Gasteiger partial charge in [-0.1, -0.05) is 86.5 Å². The topological polar surface area (TPSA) is 141 Å². The van der Waals surface area contributed by atoms with Crippen molar-refractivity contribution in [3.05, 3.63) is 0 Å². The average molecular weight is 692 g/mol. The quantitative estimate of drug-likeness (QED) is 0.0369. The number of alkyl carbamates (subject to hydrolysis) is 2. The molecule has 0 unspecified atom stereocenters. The van der Waals surface area contributed by atoms with Gasteiger partial charge in [-0.25, -0.2) is 9.59 Å². The molecule has 11 nitrogen and oxygen atoms in total. The number of carbonyl (C=O) groups excluding carboxylic acids is 4. The van der Waals surface area contributed by atoms with Crippen LogP contribution in [-0.2, 0) is 28.5 Å². The summed E-state index contributed by atoms with van der Waals surface area (Å²) in [6.07, 6.45) is 18.3. The molecule has 0 bridgehead atoms. The number of esters is 2. The van der Waals surface area contributed by atoms with Crippen LogP contribution in [-0.4, -0.2) is 76.7 Å². The fraction of sp³-hybridized carbons (Fsp3) is 0.892. The third kappa shape index (κ3) is 43.4. The van der Waals surface area contributed by atoms with Crippen LogP contribution in [0.1, 0.15) is 165 Å². The van der Waals surface area contributed by atoms with Gasteiger partial charge in [-0.15, -0.1) is 0 Å². The van der Waals surface area contributed by atoms with Gasteiger partial charge in [-0.05, 0) is 77.3 Å². The second-order valence-electron chi connectivity index (χ2n) is 11.8. The molecule has 0 heterocycles. The van der Waals surface area contributed by atoms with E-state index in [1.165, 1.54) is 6.42 Å². The van der Waals surface area contributed by atoms with Gasteiger partial charge in [0, 0.05) is 27.4 Å². The van der Waals surface area contributed by atoms with E-state index in [9.17, 15) is 19.2 Å². The fourth-order valence-electron chi connectivity index (χ4n) is 4.03. The number of nitrogens with one attached hydrogen (secondary N) is 3. The summed E-state index contributed by atoms with van der Waals surface area (Å²) in [7, 11) is 0. The molecule has 288 valence electrons. The highest BCUT2D eigenvalue weighted by molar-refractivity contribution is 5.69. The second kappa shape index (κ2) is 42.5. The molecule has 0 atom stereocenters. The van der Waals surface area contributed by atoms with Crippen LogP contribution in [0.5, 0.6) is 0 Å². The molecule has 3 N–H and O–H groups in total. The van der Waals surface area contributed by atoms with E-state index in [0.29, 0.717) is 52.4 Å². The van der Waals surface area contributed by atoms with Gasteiger partial charge in [0.2, 0.25) is 0 Å². The minimum Gasteiger partial charge on any atom is -0.466 e. The van der Waals surface area contributed by atoms with Crippen LogP contribution in [0.3, 0.4) is 0 Å². The molecule has 0 aromatic rings. The van der Waals surface area contributed by atoms with Gasteiger partial charge >= 0.3 is 24.1 Å². The Morgan fingerprint density at radius 1 is 0.417 bits per heavy atom. The van der Waals surface area contributed by atoms with Crippen molar-refractivity contribution in [2.24, 2.45) is 0 Å². The third-order valence-corrected chi connectivity index (χ3v) is 7.10. The summed E-state index contributed by atoms with van der Waals surface area (Å²) in [6, 6.07) is 0. The maximum absolute atomic E-state index is 11.4. The van der Waals surface area contributed by atoms with Crippen molar-refractivity contribution in [1.82, 2.24) is 16.0 Å². The molecule has 2 amide bonds. The summed E-state index contributed by atoms with van der Waals surface area (Å²) in [5.74, 6) is -0.175. The maximum Gasteiger partial charge on any atom is 0.407 e. The number of hydrogen-bond acceptors (Lipinski definition) is 9. The lowest BCUT2D eigenvalue weighted by molar-refractivity contribution is -0.144. The van der Waals surface area contributed by atoms with Crippen LogP contribution in [0.25, 0.3) is 0 Å². The first-order valence-corrected chi connectivity index (χ1v) is 18.7. The Labute approximate surface area is 295 Å². The van der Waals surface area contributed by atoms with Crippen molar-refractivity contribution in [3.63, 3.8) is 0 Å². The Kier molecular flexibility index (Phi) is 44.1. The van der Waals surface area contributed by atoms with E-state index in [0.717, 1.165) is 122 Å². The fourth-order valence-corrected chi connectivity index (χ4v) is 4.03. The Balaban J connectivity index is -0.000000413. The zero-order valence-corrected chi connectivity index (χ0v) is 30.6. The second-order valence-corrected chi connectivity index (χ2v) is 11.8. The molecule has 0 rings (SSSR count). The summed E-state index contributed by atoms with van der Waals surface area (Å²) < 4.78 is 20.2. The SMILES string of the molecule is C.CCCCOC(=O)CCCCCNC(=O)OCCCC.CCCCOC(=O)CCCCCNCCCCCCNC(=O)OCCCC.[HH]. The predicted molar refractivity (Wildman–Crippen MR) is 197 cm³/mol. The summed E-state index contributed by atoms with van der Waals surface area (Å²) in [4.78, 5) is 45.2. The number of rotatable bonds is 31. The van der Waals surface area contributed by atoms with E-state index in [2.05, 4.69) is 43.6 Å². The Morgan fingerprint density at radius 3 is 1.08 bits per heavy atom. The highest BCUT2D eigenvalue weighted by atomic mass is 16.6. The van der Waals surface area contributed by atoms with Crippen molar-refractivity contribution in [1.29, 1.82) is 0 Å². The van der Waals surface area contributed by atoms with Crippen molar-refractivity contribution in [2.75, 3.05) is 52.6 Å². The van der Waals surface area contributed by atoms with Crippen LogP contribution in [0, 0.1) is 0 Å². The van der Waals surface area contributed by atoms with Gasteiger partial charge in [0.25, 0.3) is 0 Å². The number of ether oxygens (including phenoxy) is 4. The molecule has 0 aromatic heterocycles. The lowest BCUT2D eigenvalue weighted by atomic mass is 10.2. The molecular weight excluding hydrogens is 614 g/mol. The first-order valence-electron chi connectivity index (χ1n) is 18.7. The van der Waals surface area contributed by atoms with Crippen molar-refractivity contribution in [2.45, 2.75) is 164 Å². The largest absolute Gasteiger partial charge is 0.466 e. The van der Waals surface area contributed by atoms with E-state index in [4.69, 9.17) is 18.9 Å². The Hall–Kier alpha value is -2.56. The zero-order valence-electron chi connectivity index (χ0n) is 30.6. The Bertz CT molecular complexity index is 674. The number of unbranched alkanes of at least 4 members (excludes halogenated alkanes) is 11. The molecular formula is C37H77N3O8. The van der Waals surface area contributed by atoms with Gasteiger partial charge in [-0.2, -0.15) is 0 Å². The predicted octanol–water partition coefficient (Wildman–Crippen LogP) is 8.86. The maximum atomic E-state index is 11.4. The van der Waals surface area contributed by atoms with E-state index in [1.54, 1.807) is 0 Å². The molecule has 0 radical (unpaired) electrons. The summed E-state index contributed by atoms with van der Waals surface area (Å²) in [6.45, 7) is 13.7.